The van der Waals surface area contributed by atoms with Gasteiger partial charge < -0.3 is 10.1 Å². The standard InChI is InChI=1S/C21H26ClFN2O4S/c1-15-6-8-18(13-16(15)2)29-12-10-24-21(26)5-4-11-25(30(3,27)28)17-7-9-20(23)19(22)14-17/h6-9,13-14H,4-5,10-12H2,1-3H3,(H,24,26). The zero-order valence-electron chi connectivity index (χ0n) is 17.2. The number of amides is 1. The average Bonchev–Trinajstić information content (AvgIpc) is 2.66. The molecule has 0 bridgehead atoms. The number of rotatable bonds is 10. The van der Waals surface area contributed by atoms with Gasteiger partial charge in [-0.2, -0.15) is 0 Å². The number of carbonyl (C=O) groups excluding carboxylic acids is 1. The molecule has 0 saturated carbocycles. The molecule has 0 aliphatic carbocycles. The van der Waals surface area contributed by atoms with Gasteiger partial charge in [-0.15, -0.1) is 0 Å². The lowest BCUT2D eigenvalue weighted by molar-refractivity contribution is -0.121. The summed E-state index contributed by atoms with van der Waals surface area (Å²) >= 11 is 5.75. The normalized spacial score (nSPS) is 11.2. The van der Waals surface area contributed by atoms with Crippen molar-refractivity contribution in [2.24, 2.45) is 0 Å². The third-order valence-corrected chi connectivity index (χ3v) is 6.01. The molecule has 0 aliphatic rings. The molecule has 9 heteroatoms. The molecule has 0 heterocycles. The number of hydrogen-bond acceptors (Lipinski definition) is 4. The zero-order valence-corrected chi connectivity index (χ0v) is 18.8. The van der Waals surface area contributed by atoms with Crippen molar-refractivity contribution in [2.75, 3.05) is 30.3 Å². The first-order valence-corrected chi connectivity index (χ1v) is 11.7. The second-order valence-corrected chi connectivity index (χ2v) is 9.30. The molecule has 0 spiro atoms. The molecule has 30 heavy (non-hydrogen) atoms. The maximum Gasteiger partial charge on any atom is 0.232 e. The molecular formula is C21H26ClFN2O4S. The number of nitrogens with zero attached hydrogens (tertiary/aromatic N) is 1. The first-order valence-electron chi connectivity index (χ1n) is 9.47. The van der Waals surface area contributed by atoms with Crippen LogP contribution in [-0.2, 0) is 14.8 Å². The zero-order chi connectivity index (χ0) is 22.3. The SMILES string of the molecule is Cc1ccc(OCCNC(=O)CCCN(c2ccc(F)c(Cl)c2)S(C)(=O)=O)cc1C. The van der Waals surface area contributed by atoms with Crippen molar-refractivity contribution in [1.82, 2.24) is 5.32 Å². The largest absolute Gasteiger partial charge is 0.492 e. The van der Waals surface area contributed by atoms with E-state index in [9.17, 15) is 17.6 Å². The smallest absolute Gasteiger partial charge is 0.232 e. The molecule has 6 nitrogen and oxygen atoms in total. The van der Waals surface area contributed by atoms with E-state index in [0.29, 0.717) is 19.6 Å². The van der Waals surface area contributed by atoms with Crippen molar-refractivity contribution < 1.29 is 22.3 Å². The molecule has 0 atom stereocenters. The Morgan fingerprint density at radius 1 is 1.17 bits per heavy atom. The highest BCUT2D eigenvalue weighted by atomic mass is 35.5. The summed E-state index contributed by atoms with van der Waals surface area (Å²) < 4.78 is 44.2. The number of benzene rings is 2. The van der Waals surface area contributed by atoms with Crippen LogP contribution in [0.4, 0.5) is 10.1 Å². The van der Waals surface area contributed by atoms with Crippen LogP contribution in [0, 0.1) is 19.7 Å². The molecule has 1 amide bonds. The number of nitrogens with one attached hydrogen (secondary N) is 1. The van der Waals surface area contributed by atoms with E-state index >= 15 is 0 Å². The third-order valence-electron chi connectivity index (χ3n) is 4.53. The van der Waals surface area contributed by atoms with Crippen LogP contribution >= 0.6 is 11.6 Å². The highest BCUT2D eigenvalue weighted by molar-refractivity contribution is 7.92. The molecule has 0 unspecified atom stereocenters. The topological polar surface area (TPSA) is 75.7 Å². The fourth-order valence-corrected chi connectivity index (χ4v) is 3.89. The monoisotopic (exact) mass is 456 g/mol. The highest BCUT2D eigenvalue weighted by Crippen LogP contribution is 2.24. The molecule has 164 valence electrons. The van der Waals surface area contributed by atoms with E-state index in [2.05, 4.69) is 5.32 Å². The summed E-state index contributed by atoms with van der Waals surface area (Å²) in [7, 11) is -3.60. The van der Waals surface area contributed by atoms with E-state index in [1.807, 2.05) is 32.0 Å². The van der Waals surface area contributed by atoms with Gasteiger partial charge in [-0.05, 0) is 61.7 Å². The molecule has 1 N–H and O–H groups in total. The Labute approximate surface area is 182 Å². The van der Waals surface area contributed by atoms with Crippen molar-refractivity contribution in [1.29, 1.82) is 0 Å². The van der Waals surface area contributed by atoms with Crippen LogP contribution in [0.1, 0.15) is 24.0 Å². The summed E-state index contributed by atoms with van der Waals surface area (Å²) in [5.41, 5.74) is 2.57. The maximum atomic E-state index is 13.3. The van der Waals surface area contributed by atoms with Crippen molar-refractivity contribution in [3.8, 4) is 5.75 Å². The number of aryl methyl sites for hydroxylation is 2. The van der Waals surface area contributed by atoms with Gasteiger partial charge in [-0.1, -0.05) is 17.7 Å². The second-order valence-electron chi connectivity index (χ2n) is 6.98. The Morgan fingerprint density at radius 2 is 1.90 bits per heavy atom. The van der Waals surface area contributed by atoms with E-state index in [1.54, 1.807) is 0 Å². The Bertz CT molecular complexity index is 998. The van der Waals surface area contributed by atoms with Gasteiger partial charge in [0.25, 0.3) is 0 Å². The fourth-order valence-electron chi connectivity index (χ4n) is 2.76. The van der Waals surface area contributed by atoms with Gasteiger partial charge in [0.15, 0.2) is 0 Å². The van der Waals surface area contributed by atoms with Gasteiger partial charge in [-0.3, -0.25) is 9.10 Å². The molecule has 0 saturated heterocycles. The molecular weight excluding hydrogens is 431 g/mol. The van der Waals surface area contributed by atoms with E-state index in [-0.39, 0.29) is 29.6 Å². The minimum absolute atomic E-state index is 0.0767. The number of hydrogen-bond donors (Lipinski definition) is 1. The Balaban J connectivity index is 1.78. The summed E-state index contributed by atoms with van der Waals surface area (Å²) in [5.74, 6) is -0.0883. The van der Waals surface area contributed by atoms with E-state index in [4.69, 9.17) is 16.3 Å². The molecule has 0 fully saturated rings. The fraction of sp³-hybridized carbons (Fsp3) is 0.381. The first kappa shape index (κ1) is 24.0. The van der Waals surface area contributed by atoms with Crippen molar-refractivity contribution in [3.63, 3.8) is 0 Å². The Morgan fingerprint density at radius 3 is 2.53 bits per heavy atom. The van der Waals surface area contributed by atoms with Crippen molar-refractivity contribution >= 4 is 33.2 Å². The molecule has 0 aromatic heterocycles. The molecule has 0 radical (unpaired) electrons. The van der Waals surface area contributed by atoms with Crippen LogP contribution in [0.25, 0.3) is 0 Å². The predicted molar refractivity (Wildman–Crippen MR) is 117 cm³/mol. The van der Waals surface area contributed by atoms with E-state index in [1.165, 1.54) is 17.7 Å². The van der Waals surface area contributed by atoms with Crippen LogP contribution in [0.3, 0.4) is 0 Å². The second kappa shape index (κ2) is 10.6. The lowest BCUT2D eigenvalue weighted by Crippen LogP contribution is -2.33. The van der Waals surface area contributed by atoms with E-state index in [0.717, 1.165) is 27.9 Å². The third kappa shape index (κ3) is 7.18. The van der Waals surface area contributed by atoms with Crippen LogP contribution < -0.4 is 14.4 Å². The Kier molecular flexibility index (Phi) is 8.49. The summed E-state index contributed by atoms with van der Waals surface area (Å²) in [4.78, 5) is 12.0. The van der Waals surface area contributed by atoms with Gasteiger partial charge in [0.2, 0.25) is 15.9 Å². The summed E-state index contributed by atoms with van der Waals surface area (Å²) in [6.45, 7) is 4.78. The molecule has 2 aromatic carbocycles. The van der Waals surface area contributed by atoms with Gasteiger partial charge in [0.05, 0.1) is 23.5 Å². The first-order chi connectivity index (χ1) is 14.1. The number of carbonyl (C=O) groups is 1. The number of sulfonamides is 1. The minimum Gasteiger partial charge on any atom is -0.492 e. The lowest BCUT2D eigenvalue weighted by Gasteiger charge is -2.22. The molecule has 2 aromatic rings. The van der Waals surface area contributed by atoms with Crippen LogP contribution in [0.5, 0.6) is 5.75 Å². The maximum absolute atomic E-state index is 13.3. The number of anilines is 1. The van der Waals surface area contributed by atoms with Crippen LogP contribution in [0.15, 0.2) is 36.4 Å². The van der Waals surface area contributed by atoms with Gasteiger partial charge >= 0.3 is 0 Å². The molecule has 0 aliphatic heterocycles. The number of ether oxygens (including phenoxy) is 1. The summed E-state index contributed by atoms with van der Waals surface area (Å²) in [6.07, 6.45) is 1.49. The lowest BCUT2D eigenvalue weighted by atomic mass is 10.1. The predicted octanol–water partition coefficient (Wildman–Crippen LogP) is 3.84. The van der Waals surface area contributed by atoms with Gasteiger partial charge in [0, 0.05) is 13.0 Å². The summed E-state index contributed by atoms with van der Waals surface area (Å²) in [5, 5.41) is 2.58. The summed E-state index contributed by atoms with van der Waals surface area (Å²) in [6, 6.07) is 9.50. The van der Waals surface area contributed by atoms with Crippen LogP contribution in [0.2, 0.25) is 5.02 Å². The number of halogens is 2. The quantitative estimate of drug-likeness (QED) is 0.551. The Hall–Kier alpha value is -2.32. The van der Waals surface area contributed by atoms with Gasteiger partial charge in [0.1, 0.15) is 18.2 Å². The van der Waals surface area contributed by atoms with Crippen molar-refractivity contribution in [3.05, 3.63) is 58.4 Å². The molecule has 2 rings (SSSR count). The van der Waals surface area contributed by atoms with Crippen molar-refractivity contribution in [2.45, 2.75) is 26.7 Å². The van der Waals surface area contributed by atoms with Gasteiger partial charge in [-0.25, -0.2) is 12.8 Å². The average molecular weight is 457 g/mol. The highest BCUT2D eigenvalue weighted by Gasteiger charge is 2.18. The van der Waals surface area contributed by atoms with Crippen LogP contribution in [-0.4, -0.2) is 40.3 Å². The van der Waals surface area contributed by atoms with E-state index < -0.39 is 15.8 Å². The minimum atomic E-state index is -3.60.